The Hall–Kier alpha value is -2.36. The summed E-state index contributed by atoms with van der Waals surface area (Å²) in [5, 5.41) is 25.3. The molecule has 0 saturated heterocycles. The van der Waals surface area contributed by atoms with E-state index in [0.29, 0.717) is 5.69 Å². The van der Waals surface area contributed by atoms with Crippen LogP contribution in [0.4, 0.5) is 5.82 Å². The number of aromatic nitrogens is 2. The minimum absolute atomic E-state index is 0.0692. The second-order valence-corrected chi connectivity index (χ2v) is 2.76. The molecule has 0 aliphatic carbocycles. The number of nitrogens with one attached hydrogen (secondary N) is 2. The van der Waals surface area contributed by atoms with Gasteiger partial charge in [0.1, 0.15) is 12.0 Å². The maximum atomic E-state index is 11.0. The van der Waals surface area contributed by atoms with Gasteiger partial charge in [0.15, 0.2) is 5.82 Å². The van der Waals surface area contributed by atoms with Crippen molar-refractivity contribution in [3.8, 4) is 6.07 Å². The average Bonchev–Trinajstić information content (AvgIpc) is 2.47. The van der Waals surface area contributed by atoms with Crippen LogP contribution in [0.15, 0.2) is 0 Å². The summed E-state index contributed by atoms with van der Waals surface area (Å²) in [6.45, 7) is 1.52. The molecule has 0 spiro atoms. The van der Waals surface area contributed by atoms with Gasteiger partial charge in [-0.15, -0.1) is 0 Å². The predicted octanol–water partition coefficient (Wildman–Crippen LogP) is 0.268. The molecule has 78 valence electrons. The first kappa shape index (κ1) is 10.7. The monoisotopic (exact) mass is 208 g/mol. The van der Waals surface area contributed by atoms with Crippen LogP contribution < -0.4 is 5.32 Å². The van der Waals surface area contributed by atoms with Crippen molar-refractivity contribution >= 4 is 17.7 Å². The van der Waals surface area contributed by atoms with Gasteiger partial charge >= 0.3 is 5.97 Å². The normalized spacial score (nSPS) is 9.33. The predicted molar refractivity (Wildman–Crippen MR) is 49.1 cm³/mol. The van der Waals surface area contributed by atoms with Crippen molar-refractivity contribution in [3.63, 3.8) is 0 Å². The maximum Gasteiger partial charge on any atom is 0.341 e. The van der Waals surface area contributed by atoms with E-state index in [9.17, 15) is 9.59 Å². The summed E-state index contributed by atoms with van der Waals surface area (Å²) in [4.78, 5) is 21.8. The number of hydrogen-bond acceptors (Lipinski definition) is 4. The SMILES string of the molecule is Cc1[nH]nc(NC(=O)CC#N)c1C(=O)O. The average molecular weight is 208 g/mol. The Balaban J connectivity index is 2.92. The summed E-state index contributed by atoms with van der Waals surface area (Å²) in [7, 11) is 0. The fraction of sp³-hybridized carbons (Fsp3) is 0.250. The van der Waals surface area contributed by atoms with E-state index in [1.54, 1.807) is 6.07 Å². The van der Waals surface area contributed by atoms with Gasteiger partial charge in [0, 0.05) is 5.69 Å². The Bertz CT molecular complexity index is 443. The second-order valence-electron chi connectivity index (χ2n) is 2.76. The second kappa shape index (κ2) is 4.23. The molecule has 0 bridgehead atoms. The Morgan fingerprint density at radius 1 is 1.67 bits per heavy atom. The molecule has 0 saturated carbocycles. The topological polar surface area (TPSA) is 119 Å². The van der Waals surface area contributed by atoms with Crippen LogP contribution >= 0.6 is 0 Å². The first-order valence-corrected chi connectivity index (χ1v) is 4.01. The van der Waals surface area contributed by atoms with E-state index in [2.05, 4.69) is 15.5 Å². The van der Waals surface area contributed by atoms with Crippen LogP contribution in [-0.2, 0) is 4.79 Å². The highest BCUT2D eigenvalue weighted by molar-refractivity contribution is 6.00. The number of carbonyl (C=O) groups excluding carboxylic acids is 1. The van der Waals surface area contributed by atoms with Gasteiger partial charge in [-0.2, -0.15) is 10.4 Å². The highest BCUT2D eigenvalue weighted by Gasteiger charge is 2.18. The van der Waals surface area contributed by atoms with Gasteiger partial charge < -0.3 is 10.4 Å². The number of H-pyrrole nitrogens is 1. The number of aromatic amines is 1. The number of anilines is 1. The lowest BCUT2D eigenvalue weighted by molar-refractivity contribution is -0.115. The third-order valence-electron chi connectivity index (χ3n) is 1.66. The Kier molecular flexibility index (Phi) is 3.03. The third-order valence-corrected chi connectivity index (χ3v) is 1.66. The zero-order chi connectivity index (χ0) is 11.4. The van der Waals surface area contributed by atoms with Gasteiger partial charge in [-0.3, -0.25) is 9.89 Å². The molecule has 1 aromatic rings. The molecule has 0 unspecified atom stereocenters. The van der Waals surface area contributed by atoms with E-state index in [0.717, 1.165) is 0 Å². The summed E-state index contributed by atoms with van der Waals surface area (Å²) in [5.41, 5.74) is 0.246. The van der Waals surface area contributed by atoms with Gasteiger partial charge in [-0.1, -0.05) is 0 Å². The molecule has 0 atom stereocenters. The van der Waals surface area contributed by atoms with Crippen molar-refractivity contribution in [3.05, 3.63) is 11.3 Å². The molecular formula is C8H8N4O3. The van der Waals surface area contributed by atoms with E-state index in [-0.39, 0.29) is 17.8 Å². The Morgan fingerprint density at radius 3 is 2.87 bits per heavy atom. The Labute approximate surface area is 84.7 Å². The lowest BCUT2D eigenvalue weighted by atomic mass is 10.2. The van der Waals surface area contributed by atoms with Crippen LogP contribution in [-0.4, -0.2) is 27.2 Å². The maximum absolute atomic E-state index is 11.0. The first-order chi connectivity index (χ1) is 7.06. The summed E-state index contributed by atoms with van der Waals surface area (Å²) in [6.07, 6.45) is -0.342. The van der Waals surface area contributed by atoms with Crippen LogP contribution in [0.3, 0.4) is 0 Å². The number of carbonyl (C=O) groups is 2. The van der Waals surface area contributed by atoms with E-state index in [4.69, 9.17) is 10.4 Å². The number of nitriles is 1. The molecule has 3 N–H and O–H groups in total. The number of aromatic carboxylic acids is 1. The smallest absolute Gasteiger partial charge is 0.341 e. The Morgan fingerprint density at radius 2 is 2.33 bits per heavy atom. The number of aryl methyl sites for hydroxylation is 1. The van der Waals surface area contributed by atoms with Crippen LogP contribution in [0.5, 0.6) is 0 Å². The highest BCUT2D eigenvalue weighted by Crippen LogP contribution is 2.15. The third kappa shape index (κ3) is 2.31. The lowest BCUT2D eigenvalue weighted by Crippen LogP contribution is -2.13. The van der Waals surface area contributed by atoms with Crippen molar-refractivity contribution in [2.24, 2.45) is 0 Å². The van der Waals surface area contributed by atoms with Gasteiger partial charge in [0.2, 0.25) is 5.91 Å². The van der Waals surface area contributed by atoms with Gasteiger partial charge in [-0.05, 0) is 6.92 Å². The summed E-state index contributed by atoms with van der Waals surface area (Å²) in [6, 6.07) is 1.65. The van der Waals surface area contributed by atoms with Gasteiger partial charge in [0.25, 0.3) is 0 Å². The molecule has 1 amide bonds. The molecule has 0 radical (unpaired) electrons. The molecule has 1 heterocycles. The number of hydrogen-bond donors (Lipinski definition) is 3. The first-order valence-electron chi connectivity index (χ1n) is 4.01. The van der Waals surface area contributed by atoms with E-state index >= 15 is 0 Å². The van der Waals surface area contributed by atoms with E-state index in [1.807, 2.05) is 0 Å². The highest BCUT2D eigenvalue weighted by atomic mass is 16.4. The summed E-state index contributed by atoms with van der Waals surface area (Å²) < 4.78 is 0. The number of carboxylic acids is 1. The zero-order valence-corrected chi connectivity index (χ0v) is 7.87. The standard InChI is InChI=1S/C8H8N4O3/c1-4-6(8(14)15)7(12-11-4)10-5(13)2-3-9/h2H2,1H3,(H,14,15)(H2,10,11,12,13). The largest absolute Gasteiger partial charge is 0.477 e. The van der Waals surface area contributed by atoms with Gasteiger partial charge in [0.05, 0.1) is 6.07 Å². The fourth-order valence-electron chi connectivity index (χ4n) is 1.03. The van der Waals surface area contributed by atoms with Crippen LogP contribution in [0.2, 0.25) is 0 Å². The molecule has 15 heavy (non-hydrogen) atoms. The molecule has 1 aromatic heterocycles. The molecule has 0 aromatic carbocycles. The minimum atomic E-state index is -1.19. The van der Waals surface area contributed by atoms with Gasteiger partial charge in [-0.25, -0.2) is 4.79 Å². The van der Waals surface area contributed by atoms with E-state index in [1.165, 1.54) is 6.92 Å². The lowest BCUT2D eigenvalue weighted by Gasteiger charge is -1.99. The molecular weight excluding hydrogens is 200 g/mol. The molecule has 0 fully saturated rings. The molecule has 0 aliphatic heterocycles. The van der Waals surface area contributed by atoms with Crippen molar-refractivity contribution in [2.45, 2.75) is 13.3 Å². The molecule has 1 rings (SSSR count). The van der Waals surface area contributed by atoms with Crippen LogP contribution in [0.1, 0.15) is 22.5 Å². The molecule has 7 nitrogen and oxygen atoms in total. The fourth-order valence-corrected chi connectivity index (χ4v) is 1.03. The van der Waals surface area contributed by atoms with Crippen molar-refractivity contribution in [2.75, 3.05) is 5.32 Å². The summed E-state index contributed by atoms with van der Waals surface area (Å²) >= 11 is 0. The quantitative estimate of drug-likeness (QED) is 0.658. The number of rotatable bonds is 3. The minimum Gasteiger partial charge on any atom is -0.477 e. The van der Waals surface area contributed by atoms with E-state index < -0.39 is 11.9 Å². The van der Waals surface area contributed by atoms with Crippen molar-refractivity contribution in [1.82, 2.24) is 10.2 Å². The molecule has 7 heteroatoms. The van der Waals surface area contributed by atoms with Crippen molar-refractivity contribution < 1.29 is 14.7 Å². The van der Waals surface area contributed by atoms with Crippen molar-refractivity contribution in [1.29, 1.82) is 5.26 Å². The number of carboxylic acid groups (broad SMARTS) is 1. The molecule has 0 aliphatic rings. The summed E-state index contributed by atoms with van der Waals surface area (Å²) in [5.74, 6) is -1.85. The number of nitrogens with zero attached hydrogens (tertiary/aromatic N) is 2. The van der Waals surface area contributed by atoms with Crippen LogP contribution in [0, 0.1) is 18.3 Å². The van der Waals surface area contributed by atoms with Crippen LogP contribution in [0.25, 0.3) is 0 Å². The zero-order valence-electron chi connectivity index (χ0n) is 7.87. The number of amides is 1.